The lowest BCUT2D eigenvalue weighted by Crippen LogP contribution is -2.01. The predicted molar refractivity (Wildman–Crippen MR) is 58.2 cm³/mol. The molecule has 0 aliphatic rings. The van der Waals surface area contributed by atoms with Crippen LogP contribution >= 0.6 is 11.3 Å². The number of rotatable bonds is 4. The van der Waals surface area contributed by atoms with Crippen molar-refractivity contribution in [1.29, 1.82) is 0 Å². The average molecular weight is 255 g/mol. The van der Waals surface area contributed by atoms with Gasteiger partial charge in [-0.1, -0.05) is 0 Å². The van der Waals surface area contributed by atoms with Gasteiger partial charge >= 0.3 is 0 Å². The summed E-state index contributed by atoms with van der Waals surface area (Å²) in [4.78, 5) is 14.3. The SMILES string of the molecule is O=Cc1cc(F)c(OCc2cscn2)c(F)c1. The first-order chi connectivity index (χ1) is 8.20. The molecule has 0 bridgehead atoms. The average Bonchev–Trinajstić information content (AvgIpc) is 2.80. The van der Waals surface area contributed by atoms with Gasteiger partial charge in [-0.2, -0.15) is 0 Å². The molecule has 0 radical (unpaired) electrons. The van der Waals surface area contributed by atoms with Crippen molar-refractivity contribution in [3.63, 3.8) is 0 Å². The van der Waals surface area contributed by atoms with E-state index >= 15 is 0 Å². The molecule has 2 aromatic rings. The Hall–Kier alpha value is -1.82. The van der Waals surface area contributed by atoms with E-state index in [2.05, 4.69) is 4.98 Å². The van der Waals surface area contributed by atoms with Gasteiger partial charge in [0.1, 0.15) is 12.9 Å². The summed E-state index contributed by atoms with van der Waals surface area (Å²) in [5, 5.41) is 1.72. The molecule has 0 aliphatic heterocycles. The molecule has 1 aromatic carbocycles. The van der Waals surface area contributed by atoms with E-state index in [4.69, 9.17) is 4.74 Å². The lowest BCUT2D eigenvalue weighted by Gasteiger charge is -2.07. The van der Waals surface area contributed by atoms with Crippen molar-refractivity contribution >= 4 is 17.6 Å². The molecule has 0 amide bonds. The Labute approximate surface area is 99.7 Å². The van der Waals surface area contributed by atoms with E-state index in [1.165, 1.54) is 11.3 Å². The Kier molecular flexibility index (Phi) is 3.43. The Morgan fingerprint density at radius 1 is 1.35 bits per heavy atom. The minimum atomic E-state index is -0.901. The molecule has 0 spiro atoms. The Morgan fingerprint density at radius 2 is 2.06 bits per heavy atom. The van der Waals surface area contributed by atoms with Gasteiger partial charge in [0, 0.05) is 10.9 Å². The lowest BCUT2D eigenvalue weighted by atomic mass is 10.2. The van der Waals surface area contributed by atoms with Crippen molar-refractivity contribution in [3.8, 4) is 5.75 Å². The monoisotopic (exact) mass is 255 g/mol. The maximum atomic E-state index is 13.4. The van der Waals surface area contributed by atoms with Crippen molar-refractivity contribution in [2.24, 2.45) is 0 Å². The molecule has 1 heterocycles. The third-order valence-corrected chi connectivity index (χ3v) is 2.64. The van der Waals surface area contributed by atoms with Crippen LogP contribution in [-0.4, -0.2) is 11.3 Å². The topological polar surface area (TPSA) is 39.2 Å². The first-order valence-corrected chi connectivity index (χ1v) is 5.59. The van der Waals surface area contributed by atoms with E-state index in [1.54, 1.807) is 10.9 Å². The number of carbonyl (C=O) groups excluding carboxylic acids is 1. The van der Waals surface area contributed by atoms with Crippen LogP contribution in [0.5, 0.6) is 5.75 Å². The predicted octanol–water partition coefficient (Wildman–Crippen LogP) is 2.81. The second-order valence-corrected chi connectivity index (χ2v) is 3.92. The third-order valence-electron chi connectivity index (χ3n) is 2.00. The van der Waals surface area contributed by atoms with Crippen LogP contribution in [0, 0.1) is 11.6 Å². The molecule has 3 nitrogen and oxygen atoms in total. The number of ether oxygens (including phenoxy) is 1. The minimum Gasteiger partial charge on any atom is -0.481 e. The first kappa shape index (κ1) is 11.7. The van der Waals surface area contributed by atoms with E-state index in [0.717, 1.165) is 12.1 Å². The van der Waals surface area contributed by atoms with Crippen molar-refractivity contribution < 1.29 is 18.3 Å². The zero-order valence-electron chi connectivity index (χ0n) is 8.52. The smallest absolute Gasteiger partial charge is 0.191 e. The number of thiazole rings is 1. The molecule has 0 saturated carbocycles. The van der Waals surface area contributed by atoms with Crippen LogP contribution in [0.2, 0.25) is 0 Å². The molecule has 2 rings (SSSR count). The second-order valence-electron chi connectivity index (χ2n) is 3.20. The highest BCUT2D eigenvalue weighted by atomic mass is 32.1. The van der Waals surface area contributed by atoms with Crippen LogP contribution in [0.4, 0.5) is 8.78 Å². The van der Waals surface area contributed by atoms with E-state index in [-0.39, 0.29) is 12.2 Å². The summed E-state index contributed by atoms with van der Waals surface area (Å²) in [5.41, 5.74) is 2.12. The quantitative estimate of drug-likeness (QED) is 0.788. The molecule has 0 unspecified atom stereocenters. The zero-order chi connectivity index (χ0) is 12.3. The number of nitrogens with zero attached hydrogens (tertiary/aromatic N) is 1. The number of benzene rings is 1. The Morgan fingerprint density at radius 3 is 2.59 bits per heavy atom. The number of carbonyl (C=O) groups is 1. The van der Waals surface area contributed by atoms with E-state index in [9.17, 15) is 13.6 Å². The molecule has 6 heteroatoms. The highest BCUT2D eigenvalue weighted by molar-refractivity contribution is 7.07. The van der Waals surface area contributed by atoms with Crippen LogP contribution in [0.25, 0.3) is 0 Å². The van der Waals surface area contributed by atoms with Gasteiger partial charge in [0.25, 0.3) is 0 Å². The summed E-state index contributed by atoms with van der Waals surface area (Å²) < 4.78 is 31.8. The van der Waals surface area contributed by atoms with Gasteiger partial charge in [0.05, 0.1) is 11.2 Å². The molecule has 17 heavy (non-hydrogen) atoms. The van der Waals surface area contributed by atoms with Crippen molar-refractivity contribution in [3.05, 3.63) is 45.9 Å². The Balaban J connectivity index is 2.18. The number of aromatic nitrogens is 1. The molecule has 0 aliphatic carbocycles. The summed E-state index contributed by atoms with van der Waals surface area (Å²) in [7, 11) is 0. The zero-order valence-corrected chi connectivity index (χ0v) is 9.34. The number of hydrogen-bond acceptors (Lipinski definition) is 4. The van der Waals surface area contributed by atoms with Crippen LogP contribution in [0.1, 0.15) is 16.1 Å². The molecule has 0 fully saturated rings. The van der Waals surface area contributed by atoms with Gasteiger partial charge in [-0.15, -0.1) is 11.3 Å². The van der Waals surface area contributed by atoms with Gasteiger partial charge in [0.15, 0.2) is 17.4 Å². The van der Waals surface area contributed by atoms with E-state index in [1.807, 2.05) is 0 Å². The van der Waals surface area contributed by atoms with E-state index in [0.29, 0.717) is 12.0 Å². The summed E-state index contributed by atoms with van der Waals surface area (Å²) in [6.07, 6.45) is 0.371. The van der Waals surface area contributed by atoms with Gasteiger partial charge in [-0.25, -0.2) is 13.8 Å². The second kappa shape index (κ2) is 5.01. The normalized spacial score (nSPS) is 10.2. The molecule has 0 saturated heterocycles. The standard InChI is InChI=1S/C11H7F2NO2S/c12-9-1-7(3-15)2-10(13)11(9)16-4-8-5-17-6-14-8/h1-3,5-6H,4H2. The van der Waals surface area contributed by atoms with Crippen LogP contribution in [0.15, 0.2) is 23.0 Å². The number of halogens is 2. The maximum Gasteiger partial charge on any atom is 0.191 e. The van der Waals surface area contributed by atoms with Gasteiger partial charge in [-0.3, -0.25) is 4.79 Å². The highest BCUT2D eigenvalue weighted by Gasteiger charge is 2.12. The summed E-state index contributed by atoms with van der Waals surface area (Å²) in [5.74, 6) is -2.30. The van der Waals surface area contributed by atoms with Gasteiger partial charge < -0.3 is 4.74 Å². The first-order valence-electron chi connectivity index (χ1n) is 4.65. The van der Waals surface area contributed by atoms with Crippen molar-refractivity contribution in [2.45, 2.75) is 6.61 Å². The fraction of sp³-hybridized carbons (Fsp3) is 0.0909. The molecular weight excluding hydrogens is 248 g/mol. The fourth-order valence-electron chi connectivity index (χ4n) is 1.24. The largest absolute Gasteiger partial charge is 0.481 e. The van der Waals surface area contributed by atoms with Crippen molar-refractivity contribution in [1.82, 2.24) is 4.98 Å². The summed E-state index contributed by atoms with van der Waals surface area (Å²) >= 11 is 1.36. The summed E-state index contributed by atoms with van der Waals surface area (Å²) in [6.45, 7) is -0.0161. The van der Waals surface area contributed by atoms with Crippen LogP contribution < -0.4 is 4.74 Å². The number of aldehydes is 1. The highest BCUT2D eigenvalue weighted by Crippen LogP contribution is 2.23. The maximum absolute atomic E-state index is 13.4. The Bertz CT molecular complexity index is 505. The molecule has 1 aromatic heterocycles. The molecule has 0 N–H and O–H groups in total. The minimum absolute atomic E-state index is 0.0161. The van der Waals surface area contributed by atoms with Crippen LogP contribution in [-0.2, 0) is 6.61 Å². The van der Waals surface area contributed by atoms with Gasteiger partial charge in [0.2, 0.25) is 0 Å². The lowest BCUT2D eigenvalue weighted by molar-refractivity contribution is 0.112. The molecule has 0 atom stereocenters. The number of hydrogen-bond donors (Lipinski definition) is 0. The molecular formula is C11H7F2NO2S. The van der Waals surface area contributed by atoms with Crippen molar-refractivity contribution in [2.75, 3.05) is 0 Å². The summed E-state index contributed by atoms with van der Waals surface area (Å²) in [6, 6.07) is 1.85. The van der Waals surface area contributed by atoms with Crippen LogP contribution in [0.3, 0.4) is 0 Å². The molecule has 88 valence electrons. The van der Waals surface area contributed by atoms with E-state index < -0.39 is 17.4 Å². The fourth-order valence-corrected chi connectivity index (χ4v) is 1.78. The van der Waals surface area contributed by atoms with Gasteiger partial charge in [-0.05, 0) is 12.1 Å². The third kappa shape index (κ3) is 2.65.